The maximum atomic E-state index is 13.1. The van der Waals surface area contributed by atoms with Crippen LogP contribution in [0.4, 0.5) is 5.13 Å². The number of nitrogens with one attached hydrogen (secondary N) is 1. The number of hydrogen-bond donors (Lipinski definition) is 5. The Balaban J connectivity index is 1.83. The number of nitrogens with two attached hydrogens (primary N) is 2. The number of aromatic nitrogens is 1. The van der Waals surface area contributed by atoms with Gasteiger partial charge in [-0.3, -0.25) is 23.5 Å². The molecular formula is C18H23N7O8S2. The van der Waals surface area contributed by atoms with E-state index >= 15 is 0 Å². The maximum absolute atomic E-state index is 13.1. The summed E-state index contributed by atoms with van der Waals surface area (Å²) in [5.41, 5.74) is 9.09. The Kier molecular flexibility index (Phi) is 7.51. The molecule has 0 radical (unpaired) electrons. The Labute approximate surface area is 206 Å². The number of nitrogens with zero attached hydrogens (tertiary/aromatic N) is 4. The molecule has 0 unspecified atom stereocenters. The van der Waals surface area contributed by atoms with E-state index in [4.69, 9.17) is 21.4 Å². The third-order valence-electron chi connectivity index (χ3n) is 5.03. The molecule has 3 heterocycles. The fourth-order valence-electron chi connectivity index (χ4n) is 3.01. The molecule has 3 amide bonds. The van der Waals surface area contributed by atoms with E-state index in [0.29, 0.717) is 13.0 Å². The molecule has 15 nitrogen and oxygen atoms in total. The van der Waals surface area contributed by atoms with Crippen molar-refractivity contribution >= 4 is 63.8 Å². The van der Waals surface area contributed by atoms with E-state index in [0.717, 1.165) is 28.2 Å². The summed E-state index contributed by atoms with van der Waals surface area (Å²) in [7, 11) is 0. The monoisotopic (exact) mass is 529 g/mol. The Hall–Kier alpha value is -3.44. The normalized spacial score (nSPS) is 22.7. The number of carbonyl (C=O) groups excluding carboxylic acids is 3. The van der Waals surface area contributed by atoms with Crippen molar-refractivity contribution in [3.63, 3.8) is 0 Å². The van der Waals surface area contributed by atoms with Gasteiger partial charge in [-0.2, -0.15) is 0 Å². The average Bonchev–Trinajstić information content (AvgIpc) is 3.34. The van der Waals surface area contributed by atoms with Crippen LogP contribution >= 0.6 is 23.3 Å². The first kappa shape index (κ1) is 26.2. The lowest BCUT2D eigenvalue weighted by Crippen LogP contribution is -2.71. The first-order valence-corrected chi connectivity index (χ1v) is 11.8. The highest BCUT2D eigenvalue weighted by molar-refractivity contribution is 7.98. The largest absolute Gasteiger partial charge is 0.480 e. The van der Waals surface area contributed by atoms with Crippen LogP contribution in [0, 0.1) is 0 Å². The van der Waals surface area contributed by atoms with Gasteiger partial charge in [0.1, 0.15) is 23.7 Å². The summed E-state index contributed by atoms with van der Waals surface area (Å²) in [5, 5.41) is 25.1. The molecule has 2 aliphatic rings. The van der Waals surface area contributed by atoms with Crippen LogP contribution < -0.4 is 16.8 Å². The number of likely N-dealkylation sites (tertiary alicyclic amines) is 1. The van der Waals surface area contributed by atoms with Gasteiger partial charge in [0, 0.05) is 11.9 Å². The molecule has 0 spiro atoms. The number of carboxylic acids is 2. The van der Waals surface area contributed by atoms with Crippen LogP contribution in [0.2, 0.25) is 0 Å². The van der Waals surface area contributed by atoms with E-state index in [1.165, 1.54) is 23.5 Å². The van der Waals surface area contributed by atoms with E-state index in [2.05, 4.69) is 15.5 Å². The number of carboxylic acid groups (broad SMARTS) is 2. The van der Waals surface area contributed by atoms with Gasteiger partial charge in [0.2, 0.25) is 17.4 Å². The Morgan fingerprint density at radius 2 is 2.03 bits per heavy atom. The van der Waals surface area contributed by atoms with Crippen LogP contribution in [0.1, 0.15) is 26.0 Å². The summed E-state index contributed by atoms with van der Waals surface area (Å²) in [4.78, 5) is 70.5. The Bertz CT molecular complexity index is 1090. The van der Waals surface area contributed by atoms with Crippen molar-refractivity contribution in [2.75, 3.05) is 18.8 Å². The number of amides is 3. The van der Waals surface area contributed by atoms with Gasteiger partial charge in [-0.25, -0.2) is 9.78 Å². The fourth-order valence-corrected chi connectivity index (χ4v) is 4.86. The van der Waals surface area contributed by atoms with E-state index in [1.807, 2.05) is 0 Å². The van der Waals surface area contributed by atoms with Crippen molar-refractivity contribution in [3.8, 4) is 0 Å². The molecule has 0 aliphatic carbocycles. The lowest BCUT2D eigenvalue weighted by atomic mass is 10.1. The summed E-state index contributed by atoms with van der Waals surface area (Å²) >= 11 is 1.88. The third kappa shape index (κ3) is 5.63. The number of aliphatic carboxylic acids is 2. The van der Waals surface area contributed by atoms with Gasteiger partial charge in [-0.05, 0) is 32.2 Å². The highest BCUT2D eigenvalue weighted by Crippen LogP contribution is 2.34. The standard InChI is InChI=1S/C18H23N7O8S2/c1-18(2,16(31)32)33-23-10(8-6-34-17(20)21-8)12(28)22-11-14(30)24(5-9(26)27)15(11)35-25-4-3-7(19)13(25)29/h6-7,11,15H,3-5,19H2,1-2H3,(H2,20,21)(H,22,28)(H,26,27)(H,31,32)/b23-10-/t7-,11-,15-/m1/s1. The molecule has 2 fully saturated rings. The predicted octanol–water partition coefficient (Wildman–Crippen LogP) is -1.75. The molecule has 1 aromatic rings. The number of carbonyl (C=O) groups is 5. The molecule has 2 saturated heterocycles. The molecule has 0 aromatic carbocycles. The maximum Gasteiger partial charge on any atom is 0.350 e. The van der Waals surface area contributed by atoms with Gasteiger partial charge in [0.05, 0.1) is 6.04 Å². The number of anilines is 1. The Morgan fingerprint density at radius 3 is 2.54 bits per heavy atom. The van der Waals surface area contributed by atoms with Gasteiger partial charge in [-0.1, -0.05) is 5.16 Å². The lowest BCUT2D eigenvalue weighted by molar-refractivity contribution is -0.161. The predicted molar refractivity (Wildman–Crippen MR) is 123 cm³/mol. The molecule has 17 heteroatoms. The van der Waals surface area contributed by atoms with Gasteiger partial charge < -0.3 is 36.7 Å². The second-order valence-electron chi connectivity index (χ2n) is 8.06. The zero-order valence-electron chi connectivity index (χ0n) is 18.5. The topological polar surface area (TPSA) is 231 Å². The molecule has 3 atom stereocenters. The van der Waals surface area contributed by atoms with Crippen molar-refractivity contribution in [3.05, 3.63) is 11.1 Å². The number of nitrogen functional groups attached to an aromatic ring is 1. The van der Waals surface area contributed by atoms with Gasteiger partial charge >= 0.3 is 11.9 Å². The highest BCUT2D eigenvalue weighted by Gasteiger charge is 2.52. The number of thiazole rings is 1. The highest BCUT2D eigenvalue weighted by atomic mass is 32.2. The van der Waals surface area contributed by atoms with Crippen molar-refractivity contribution in [2.24, 2.45) is 10.9 Å². The van der Waals surface area contributed by atoms with Crippen molar-refractivity contribution in [1.82, 2.24) is 19.5 Å². The number of hydrogen-bond acceptors (Lipinski definition) is 12. The second-order valence-corrected chi connectivity index (χ2v) is 10.1. The molecule has 1 aromatic heterocycles. The van der Waals surface area contributed by atoms with Crippen LogP contribution in [0.15, 0.2) is 10.5 Å². The van der Waals surface area contributed by atoms with E-state index in [-0.39, 0.29) is 16.7 Å². The van der Waals surface area contributed by atoms with Crippen LogP contribution in [0.25, 0.3) is 0 Å². The quantitative estimate of drug-likeness (QED) is 0.0983. The zero-order valence-corrected chi connectivity index (χ0v) is 20.2. The molecule has 0 bridgehead atoms. The minimum atomic E-state index is -1.79. The van der Waals surface area contributed by atoms with Gasteiger partial charge in [0.15, 0.2) is 10.8 Å². The molecule has 7 N–H and O–H groups in total. The fraction of sp³-hybridized carbons (Fsp3) is 0.500. The second kappa shape index (κ2) is 10.0. The van der Waals surface area contributed by atoms with E-state index in [9.17, 15) is 29.1 Å². The first-order chi connectivity index (χ1) is 16.3. The summed E-state index contributed by atoms with van der Waals surface area (Å²) in [5.74, 6) is -4.64. The van der Waals surface area contributed by atoms with Crippen LogP contribution in [-0.4, -0.2) is 95.9 Å². The van der Waals surface area contributed by atoms with Crippen molar-refractivity contribution in [2.45, 2.75) is 43.3 Å². The van der Waals surface area contributed by atoms with Crippen LogP contribution in [-0.2, 0) is 28.8 Å². The number of rotatable bonds is 10. The SMILES string of the molecule is CC(C)(O/N=C(\C(=O)N[C@@H]1C(=O)N(CC(=O)O)[C@@H]1SN1CC[C@@H](N)C1=O)c1csc(N)n1)C(=O)O. The van der Waals surface area contributed by atoms with E-state index < -0.39 is 59.1 Å². The van der Waals surface area contributed by atoms with Gasteiger partial charge in [-0.15, -0.1) is 11.3 Å². The summed E-state index contributed by atoms with van der Waals surface area (Å²) in [6.07, 6.45) is 0.390. The summed E-state index contributed by atoms with van der Waals surface area (Å²) < 4.78 is 1.32. The molecule has 0 saturated carbocycles. The van der Waals surface area contributed by atoms with Gasteiger partial charge in [0.25, 0.3) is 5.91 Å². The third-order valence-corrected chi connectivity index (χ3v) is 7.07. The minimum Gasteiger partial charge on any atom is -0.480 e. The smallest absolute Gasteiger partial charge is 0.350 e. The van der Waals surface area contributed by atoms with Crippen LogP contribution in [0.5, 0.6) is 0 Å². The first-order valence-electron chi connectivity index (χ1n) is 10.1. The number of β-lactam (4-membered cyclic amide) rings is 1. The molecule has 35 heavy (non-hydrogen) atoms. The zero-order chi connectivity index (χ0) is 26.1. The van der Waals surface area contributed by atoms with Crippen molar-refractivity contribution < 1.29 is 39.0 Å². The minimum absolute atomic E-state index is 0.0229. The van der Waals surface area contributed by atoms with Crippen LogP contribution in [0.3, 0.4) is 0 Å². The van der Waals surface area contributed by atoms with Crippen molar-refractivity contribution in [1.29, 1.82) is 0 Å². The summed E-state index contributed by atoms with van der Waals surface area (Å²) in [6, 6.07) is -1.92. The molecule has 190 valence electrons. The molecule has 2 aliphatic heterocycles. The lowest BCUT2D eigenvalue weighted by Gasteiger charge is -2.46. The Morgan fingerprint density at radius 1 is 1.34 bits per heavy atom. The van der Waals surface area contributed by atoms with E-state index in [1.54, 1.807) is 0 Å². The molecular weight excluding hydrogens is 506 g/mol. The average molecular weight is 530 g/mol. The summed E-state index contributed by atoms with van der Waals surface area (Å²) in [6.45, 7) is 2.08. The molecule has 3 rings (SSSR count). The number of oxime groups is 1.